The highest BCUT2D eigenvalue weighted by Crippen LogP contribution is 2.36. The van der Waals surface area contributed by atoms with Crippen molar-refractivity contribution in [2.24, 2.45) is 0 Å². The number of aromatic amines is 1. The van der Waals surface area contributed by atoms with E-state index in [-0.39, 0.29) is 23.1 Å². The van der Waals surface area contributed by atoms with Crippen molar-refractivity contribution >= 4 is 0 Å². The molecular formula is C23H28N4O3. The molecular weight excluding hydrogens is 380 g/mol. The highest BCUT2D eigenvalue weighted by atomic mass is 16.3. The number of H-pyrrole nitrogens is 1. The zero-order valence-corrected chi connectivity index (χ0v) is 17.4. The topological polar surface area (TPSA) is 94.4 Å². The molecule has 2 heterocycles. The minimum absolute atomic E-state index is 0.0317. The van der Waals surface area contributed by atoms with E-state index in [0.717, 1.165) is 25.2 Å². The first kappa shape index (κ1) is 20.2. The lowest BCUT2D eigenvalue weighted by molar-refractivity contribution is 0.331. The SMILES string of the molecule is CC(C)c1cc(-c2n[nH]c(=O)n2Cc2ccc(CN3CCCC3)cc2)c(O)cc1O. The van der Waals surface area contributed by atoms with E-state index >= 15 is 0 Å². The molecule has 0 atom stereocenters. The largest absolute Gasteiger partial charge is 0.508 e. The highest BCUT2D eigenvalue weighted by Gasteiger charge is 2.19. The number of hydrogen-bond donors (Lipinski definition) is 3. The minimum Gasteiger partial charge on any atom is -0.508 e. The Morgan fingerprint density at radius 3 is 2.27 bits per heavy atom. The summed E-state index contributed by atoms with van der Waals surface area (Å²) in [5.41, 5.74) is 3.01. The summed E-state index contributed by atoms with van der Waals surface area (Å²) in [6.45, 7) is 7.52. The lowest BCUT2D eigenvalue weighted by Crippen LogP contribution is -2.19. The molecule has 0 radical (unpaired) electrons. The third kappa shape index (κ3) is 4.11. The zero-order valence-electron chi connectivity index (χ0n) is 17.4. The molecule has 1 aromatic heterocycles. The van der Waals surface area contributed by atoms with Gasteiger partial charge in [-0.1, -0.05) is 38.1 Å². The maximum atomic E-state index is 12.4. The van der Waals surface area contributed by atoms with Gasteiger partial charge >= 0.3 is 5.69 Å². The maximum absolute atomic E-state index is 12.4. The summed E-state index contributed by atoms with van der Waals surface area (Å²) < 4.78 is 1.51. The van der Waals surface area contributed by atoms with Crippen LogP contribution in [0.15, 0.2) is 41.2 Å². The van der Waals surface area contributed by atoms with Crippen LogP contribution in [0.1, 0.15) is 49.3 Å². The summed E-state index contributed by atoms with van der Waals surface area (Å²) in [4.78, 5) is 14.9. The second-order valence-electron chi connectivity index (χ2n) is 8.32. The molecule has 1 aliphatic rings. The average molecular weight is 409 g/mol. The second kappa shape index (κ2) is 8.36. The monoisotopic (exact) mass is 408 g/mol. The van der Waals surface area contributed by atoms with Crippen molar-refractivity contribution in [1.82, 2.24) is 19.7 Å². The van der Waals surface area contributed by atoms with E-state index in [0.29, 0.717) is 23.5 Å². The number of aromatic hydroxyl groups is 2. The average Bonchev–Trinajstić information content (AvgIpc) is 3.34. The quantitative estimate of drug-likeness (QED) is 0.581. The molecule has 0 bridgehead atoms. The minimum atomic E-state index is -0.343. The van der Waals surface area contributed by atoms with Gasteiger partial charge in [-0.25, -0.2) is 9.89 Å². The van der Waals surface area contributed by atoms with Gasteiger partial charge in [0.15, 0.2) is 5.82 Å². The van der Waals surface area contributed by atoms with Gasteiger partial charge in [-0.05, 0) is 54.6 Å². The first-order chi connectivity index (χ1) is 14.4. The molecule has 158 valence electrons. The summed E-state index contributed by atoms with van der Waals surface area (Å²) >= 11 is 0. The highest BCUT2D eigenvalue weighted by molar-refractivity contribution is 5.67. The Hall–Kier alpha value is -3.06. The van der Waals surface area contributed by atoms with Gasteiger partial charge < -0.3 is 10.2 Å². The van der Waals surface area contributed by atoms with Crippen LogP contribution in [0.5, 0.6) is 11.5 Å². The van der Waals surface area contributed by atoms with Gasteiger partial charge in [-0.3, -0.25) is 9.47 Å². The van der Waals surface area contributed by atoms with E-state index in [2.05, 4.69) is 27.2 Å². The van der Waals surface area contributed by atoms with E-state index in [1.165, 1.54) is 29.0 Å². The smallest absolute Gasteiger partial charge is 0.343 e. The molecule has 1 fully saturated rings. The Bertz CT molecular complexity index is 1080. The van der Waals surface area contributed by atoms with E-state index < -0.39 is 0 Å². The molecule has 7 nitrogen and oxygen atoms in total. The molecule has 2 aromatic carbocycles. The van der Waals surface area contributed by atoms with Gasteiger partial charge in [0.05, 0.1) is 12.1 Å². The summed E-state index contributed by atoms with van der Waals surface area (Å²) in [6, 6.07) is 11.3. The number of nitrogens with zero attached hydrogens (tertiary/aromatic N) is 3. The molecule has 3 aromatic rings. The summed E-state index contributed by atoms with van der Waals surface area (Å²) in [6.07, 6.45) is 2.54. The number of phenolic OH excluding ortho intramolecular Hbond substituents is 2. The van der Waals surface area contributed by atoms with Crippen molar-refractivity contribution in [3.05, 3.63) is 63.6 Å². The van der Waals surface area contributed by atoms with Gasteiger partial charge in [0, 0.05) is 12.6 Å². The third-order valence-corrected chi connectivity index (χ3v) is 5.73. The lowest BCUT2D eigenvalue weighted by Gasteiger charge is -2.15. The van der Waals surface area contributed by atoms with Crippen LogP contribution in [0.2, 0.25) is 0 Å². The van der Waals surface area contributed by atoms with Crippen LogP contribution in [-0.2, 0) is 13.1 Å². The first-order valence-electron chi connectivity index (χ1n) is 10.4. The molecule has 0 saturated carbocycles. The number of phenols is 2. The molecule has 1 saturated heterocycles. The molecule has 0 amide bonds. The molecule has 7 heteroatoms. The fraction of sp³-hybridized carbons (Fsp3) is 0.391. The van der Waals surface area contributed by atoms with Gasteiger partial charge in [0.2, 0.25) is 0 Å². The summed E-state index contributed by atoms with van der Waals surface area (Å²) in [7, 11) is 0. The van der Waals surface area contributed by atoms with Crippen molar-refractivity contribution in [2.45, 2.75) is 45.7 Å². The summed E-state index contributed by atoms with van der Waals surface area (Å²) in [5.74, 6) is 0.328. The van der Waals surface area contributed by atoms with Crippen LogP contribution in [0.4, 0.5) is 0 Å². The van der Waals surface area contributed by atoms with Crippen LogP contribution < -0.4 is 5.69 Å². The first-order valence-corrected chi connectivity index (χ1v) is 10.4. The van der Waals surface area contributed by atoms with Gasteiger partial charge in [-0.2, -0.15) is 5.10 Å². The number of aromatic nitrogens is 3. The standard InChI is InChI=1S/C23H28N4O3/c1-15(2)18-11-19(21(29)12-20(18)28)22-24-25-23(30)27(22)14-17-7-5-16(6-8-17)13-26-9-3-4-10-26/h5-8,11-12,15,28-29H,3-4,9-10,13-14H2,1-2H3,(H,25,30). The number of rotatable bonds is 6. The van der Waals surface area contributed by atoms with Crippen molar-refractivity contribution in [1.29, 1.82) is 0 Å². The lowest BCUT2D eigenvalue weighted by atomic mass is 9.98. The second-order valence-corrected chi connectivity index (χ2v) is 8.32. The Morgan fingerprint density at radius 1 is 1.00 bits per heavy atom. The van der Waals surface area contributed by atoms with Gasteiger partial charge in [-0.15, -0.1) is 0 Å². The van der Waals surface area contributed by atoms with Crippen molar-refractivity contribution in [3.8, 4) is 22.9 Å². The number of nitrogens with one attached hydrogen (secondary N) is 1. The van der Waals surface area contributed by atoms with E-state index in [9.17, 15) is 15.0 Å². The molecule has 0 unspecified atom stereocenters. The molecule has 3 N–H and O–H groups in total. The Kier molecular flexibility index (Phi) is 5.63. The number of hydrogen-bond acceptors (Lipinski definition) is 5. The summed E-state index contributed by atoms with van der Waals surface area (Å²) in [5, 5.41) is 27.1. The predicted molar refractivity (Wildman–Crippen MR) is 116 cm³/mol. The Morgan fingerprint density at radius 2 is 1.63 bits per heavy atom. The fourth-order valence-electron chi connectivity index (χ4n) is 4.04. The zero-order chi connectivity index (χ0) is 21.3. The van der Waals surface area contributed by atoms with Crippen LogP contribution in [0.25, 0.3) is 11.4 Å². The molecule has 4 rings (SSSR count). The van der Waals surface area contributed by atoms with Crippen molar-refractivity contribution in [3.63, 3.8) is 0 Å². The predicted octanol–water partition coefficient (Wildman–Crippen LogP) is 3.42. The normalized spacial score (nSPS) is 14.6. The van der Waals surface area contributed by atoms with Crippen LogP contribution in [0.3, 0.4) is 0 Å². The third-order valence-electron chi connectivity index (χ3n) is 5.73. The molecule has 1 aliphatic heterocycles. The fourth-order valence-corrected chi connectivity index (χ4v) is 4.04. The van der Waals surface area contributed by atoms with Crippen LogP contribution in [-0.4, -0.2) is 43.0 Å². The number of likely N-dealkylation sites (tertiary alicyclic amines) is 1. The van der Waals surface area contributed by atoms with Crippen molar-refractivity contribution in [2.75, 3.05) is 13.1 Å². The number of benzene rings is 2. The Labute approximate surface area is 175 Å². The van der Waals surface area contributed by atoms with E-state index in [1.54, 1.807) is 6.07 Å². The molecule has 30 heavy (non-hydrogen) atoms. The van der Waals surface area contributed by atoms with Crippen LogP contribution in [0, 0.1) is 0 Å². The molecule has 0 spiro atoms. The van der Waals surface area contributed by atoms with Gasteiger partial charge in [0.1, 0.15) is 11.5 Å². The van der Waals surface area contributed by atoms with E-state index in [1.807, 2.05) is 26.0 Å². The van der Waals surface area contributed by atoms with Crippen LogP contribution >= 0.6 is 0 Å². The van der Waals surface area contributed by atoms with Crippen molar-refractivity contribution < 1.29 is 10.2 Å². The molecule has 0 aliphatic carbocycles. The van der Waals surface area contributed by atoms with Gasteiger partial charge in [0.25, 0.3) is 0 Å². The maximum Gasteiger partial charge on any atom is 0.343 e. The van der Waals surface area contributed by atoms with E-state index in [4.69, 9.17) is 0 Å². The Balaban J connectivity index is 1.60.